The molecule has 20 heavy (non-hydrogen) atoms. The molecule has 4 nitrogen and oxygen atoms in total. The van der Waals surface area contributed by atoms with E-state index >= 15 is 0 Å². The molecule has 1 saturated carbocycles. The van der Waals surface area contributed by atoms with E-state index < -0.39 is 5.54 Å². The molecule has 0 bridgehead atoms. The lowest BCUT2D eigenvalue weighted by Gasteiger charge is -2.19. The molecule has 1 aromatic heterocycles. The van der Waals surface area contributed by atoms with Crippen molar-refractivity contribution in [3.05, 3.63) is 15.6 Å². The van der Waals surface area contributed by atoms with E-state index in [4.69, 9.17) is 5.73 Å². The van der Waals surface area contributed by atoms with Gasteiger partial charge in [0, 0.05) is 11.9 Å². The first-order chi connectivity index (χ1) is 8.58. The van der Waals surface area contributed by atoms with E-state index in [0.29, 0.717) is 6.54 Å². The van der Waals surface area contributed by atoms with Crippen LogP contribution >= 0.6 is 36.2 Å². The van der Waals surface area contributed by atoms with E-state index in [9.17, 15) is 4.79 Å². The molecule has 0 spiro atoms. The van der Waals surface area contributed by atoms with Crippen LogP contribution in [-0.4, -0.2) is 28.4 Å². The molecule has 114 valence electrons. The van der Waals surface area contributed by atoms with Crippen molar-refractivity contribution in [2.45, 2.75) is 50.6 Å². The van der Waals surface area contributed by atoms with Gasteiger partial charge in [-0.15, -0.1) is 36.2 Å². The van der Waals surface area contributed by atoms with Crippen molar-refractivity contribution in [1.29, 1.82) is 0 Å². The topological polar surface area (TPSA) is 59.2 Å². The quantitative estimate of drug-likeness (QED) is 0.920. The maximum atomic E-state index is 12.1. The van der Waals surface area contributed by atoms with Gasteiger partial charge in [0.15, 0.2) is 0 Å². The predicted octanol–water partition coefficient (Wildman–Crippen LogP) is 2.32. The smallest absolute Gasteiger partial charge is 0.242 e. The summed E-state index contributed by atoms with van der Waals surface area (Å²) in [6.45, 7) is 0.607. The standard InChI is InChI=1S/C13H19N3OS.2ClH/c1-16(12(17)13(14)6-7-13)8-11-15-9-4-2-3-5-10(9)18-11;;/h2-8,14H2,1H3;2*1H. The van der Waals surface area contributed by atoms with Gasteiger partial charge in [0.25, 0.3) is 0 Å². The number of hydrogen-bond donors (Lipinski definition) is 1. The SMILES string of the molecule is CN(Cc1nc2c(s1)CCCC2)C(=O)C1(N)CC1.Cl.Cl. The Morgan fingerprint density at radius 1 is 1.35 bits per heavy atom. The molecule has 0 aromatic carbocycles. The van der Waals surface area contributed by atoms with Crippen molar-refractivity contribution in [3.63, 3.8) is 0 Å². The lowest BCUT2D eigenvalue weighted by Crippen LogP contribution is -2.43. The first kappa shape index (κ1) is 17.7. The van der Waals surface area contributed by atoms with Crippen LogP contribution in [-0.2, 0) is 24.2 Å². The Bertz CT molecular complexity index is 464. The Balaban J connectivity index is 0.000001000. The van der Waals surface area contributed by atoms with Gasteiger partial charge in [-0.25, -0.2) is 4.98 Å². The van der Waals surface area contributed by atoms with Crippen LogP contribution in [0.4, 0.5) is 0 Å². The Morgan fingerprint density at radius 3 is 2.60 bits per heavy atom. The molecule has 2 N–H and O–H groups in total. The average Bonchev–Trinajstić information content (AvgIpc) is 2.97. The number of thiazole rings is 1. The second kappa shape index (κ2) is 6.60. The van der Waals surface area contributed by atoms with Crippen LogP contribution in [0.3, 0.4) is 0 Å². The van der Waals surface area contributed by atoms with Crippen molar-refractivity contribution in [2.75, 3.05) is 7.05 Å². The summed E-state index contributed by atoms with van der Waals surface area (Å²) in [4.78, 5) is 19.9. The van der Waals surface area contributed by atoms with Crippen LogP contribution in [0.25, 0.3) is 0 Å². The van der Waals surface area contributed by atoms with Gasteiger partial charge in [0.2, 0.25) is 5.91 Å². The molecule has 1 aromatic rings. The molecule has 0 unspecified atom stereocenters. The summed E-state index contributed by atoms with van der Waals surface area (Å²) in [6, 6.07) is 0. The summed E-state index contributed by atoms with van der Waals surface area (Å²) >= 11 is 1.77. The number of amides is 1. The van der Waals surface area contributed by atoms with E-state index in [0.717, 1.165) is 30.7 Å². The molecule has 1 fully saturated rings. The zero-order valence-electron chi connectivity index (χ0n) is 11.6. The third kappa shape index (κ3) is 3.45. The number of carbonyl (C=O) groups excluding carboxylic acids is 1. The molecule has 0 aliphatic heterocycles. The number of nitrogens with two attached hydrogens (primary N) is 1. The predicted molar refractivity (Wildman–Crippen MR) is 85.9 cm³/mol. The summed E-state index contributed by atoms with van der Waals surface area (Å²) in [6.07, 6.45) is 6.43. The van der Waals surface area contributed by atoms with E-state index in [2.05, 4.69) is 4.98 Å². The first-order valence-electron chi connectivity index (χ1n) is 6.60. The van der Waals surface area contributed by atoms with Crippen LogP contribution in [0.1, 0.15) is 41.3 Å². The fourth-order valence-corrected chi connectivity index (χ4v) is 3.69. The van der Waals surface area contributed by atoms with Gasteiger partial charge >= 0.3 is 0 Å². The van der Waals surface area contributed by atoms with Crippen molar-refractivity contribution < 1.29 is 4.79 Å². The molecule has 1 heterocycles. The Labute approximate surface area is 135 Å². The van der Waals surface area contributed by atoms with Crippen molar-refractivity contribution in [3.8, 4) is 0 Å². The zero-order chi connectivity index (χ0) is 12.8. The molecular formula is C13H21Cl2N3OS. The second-order valence-corrected chi connectivity index (χ2v) is 6.67. The molecule has 7 heteroatoms. The Hall–Kier alpha value is -0.360. The van der Waals surface area contributed by atoms with Gasteiger partial charge in [-0.3, -0.25) is 4.79 Å². The van der Waals surface area contributed by atoms with Crippen molar-refractivity contribution in [2.24, 2.45) is 5.73 Å². The minimum absolute atomic E-state index is 0. The minimum Gasteiger partial charge on any atom is -0.337 e. The molecule has 0 radical (unpaired) electrons. The Kier molecular flexibility index (Phi) is 5.84. The van der Waals surface area contributed by atoms with Gasteiger partial charge in [0.05, 0.1) is 17.8 Å². The highest BCUT2D eigenvalue weighted by atomic mass is 35.5. The summed E-state index contributed by atoms with van der Waals surface area (Å²) < 4.78 is 0. The third-order valence-electron chi connectivity index (χ3n) is 3.82. The largest absolute Gasteiger partial charge is 0.337 e. The van der Waals surface area contributed by atoms with Crippen LogP contribution < -0.4 is 5.73 Å². The van der Waals surface area contributed by atoms with Gasteiger partial charge < -0.3 is 10.6 Å². The molecule has 2 aliphatic rings. The summed E-state index contributed by atoms with van der Waals surface area (Å²) in [5, 5.41) is 1.06. The summed E-state index contributed by atoms with van der Waals surface area (Å²) in [5.41, 5.74) is 6.63. The minimum atomic E-state index is -0.564. The Morgan fingerprint density at radius 2 is 2.00 bits per heavy atom. The van der Waals surface area contributed by atoms with Crippen LogP contribution in [0.2, 0.25) is 0 Å². The van der Waals surface area contributed by atoms with Crippen molar-refractivity contribution in [1.82, 2.24) is 9.88 Å². The maximum Gasteiger partial charge on any atom is 0.242 e. The maximum absolute atomic E-state index is 12.1. The lowest BCUT2D eigenvalue weighted by atomic mass is 10.0. The number of aryl methyl sites for hydroxylation is 2. The number of likely N-dealkylation sites (N-methyl/N-ethyl adjacent to an activating group) is 1. The second-order valence-electron chi connectivity index (χ2n) is 5.50. The van der Waals surface area contributed by atoms with Crippen LogP contribution in [0.5, 0.6) is 0 Å². The molecule has 1 amide bonds. The number of aromatic nitrogens is 1. The first-order valence-corrected chi connectivity index (χ1v) is 7.42. The number of fused-ring (bicyclic) bond motifs is 1. The third-order valence-corrected chi connectivity index (χ3v) is 4.97. The van der Waals surface area contributed by atoms with Gasteiger partial charge in [-0.05, 0) is 38.5 Å². The monoisotopic (exact) mass is 337 g/mol. The zero-order valence-corrected chi connectivity index (χ0v) is 14.0. The number of halogens is 2. The fraction of sp³-hybridized carbons (Fsp3) is 0.692. The molecule has 0 atom stereocenters. The number of carbonyl (C=O) groups is 1. The summed E-state index contributed by atoms with van der Waals surface area (Å²) in [7, 11) is 1.83. The lowest BCUT2D eigenvalue weighted by molar-refractivity contribution is -0.132. The number of rotatable bonds is 3. The van der Waals surface area contributed by atoms with E-state index in [1.807, 2.05) is 7.05 Å². The highest BCUT2D eigenvalue weighted by Gasteiger charge is 2.47. The van der Waals surface area contributed by atoms with Gasteiger partial charge in [0.1, 0.15) is 5.01 Å². The van der Waals surface area contributed by atoms with E-state index in [1.165, 1.54) is 23.4 Å². The highest BCUT2D eigenvalue weighted by Crippen LogP contribution is 2.34. The van der Waals surface area contributed by atoms with Gasteiger partial charge in [-0.2, -0.15) is 0 Å². The molecular weight excluding hydrogens is 317 g/mol. The van der Waals surface area contributed by atoms with Gasteiger partial charge in [-0.1, -0.05) is 0 Å². The molecule has 3 rings (SSSR count). The van der Waals surface area contributed by atoms with Crippen molar-refractivity contribution >= 4 is 42.1 Å². The van der Waals surface area contributed by atoms with E-state index in [1.54, 1.807) is 16.2 Å². The summed E-state index contributed by atoms with van der Waals surface area (Å²) in [5.74, 6) is 0.0654. The number of nitrogens with zero attached hydrogens (tertiary/aromatic N) is 2. The normalized spacial score (nSPS) is 18.3. The highest BCUT2D eigenvalue weighted by molar-refractivity contribution is 7.11. The van der Waals surface area contributed by atoms with E-state index in [-0.39, 0.29) is 30.7 Å². The molecule has 0 saturated heterocycles. The average molecular weight is 338 g/mol. The van der Waals surface area contributed by atoms with Crippen LogP contribution in [0.15, 0.2) is 0 Å². The van der Waals surface area contributed by atoms with Crippen LogP contribution in [0, 0.1) is 0 Å². The number of hydrogen-bond acceptors (Lipinski definition) is 4. The molecule has 2 aliphatic carbocycles. The fourth-order valence-electron chi connectivity index (χ4n) is 2.48.